The van der Waals surface area contributed by atoms with Crippen LogP contribution in [-0.4, -0.2) is 31.3 Å². The molecular weight excluding hydrogens is 483 g/mol. The van der Waals surface area contributed by atoms with E-state index in [0.29, 0.717) is 28.1 Å². The minimum absolute atomic E-state index is 0.0765. The summed E-state index contributed by atoms with van der Waals surface area (Å²) in [5.41, 5.74) is 2.11. The highest BCUT2D eigenvalue weighted by Crippen LogP contribution is 2.32. The maximum absolute atomic E-state index is 13.6. The molecule has 4 rings (SSSR count). The van der Waals surface area contributed by atoms with Gasteiger partial charge in [0, 0.05) is 11.6 Å². The number of nitrogens with zero attached hydrogens (tertiary/aromatic N) is 1. The van der Waals surface area contributed by atoms with Gasteiger partial charge in [-0.1, -0.05) is 47.5 Å². The molecule has 0 saturated carbocycles. The first-order chi connectivity index (χ1) is 15.8. The second-order valence-corrected chi connectivity index (χ2v) is 10.3. The smallest absolute Gasteiger partial charge is 0.244 e. The molecule has 33 heavy (non-hydrogen) atoms. The summed E-state index contributed by atoms with van der Waals surface area (Å²) in [7, 11) is -3.98. The Morgan fingerprint density at radius 3 is 2.45 bits per heavy atom. The quantitative estimate of drug-likeness (QED) is 0.503. The topological polar surface area (TPSA) is 75.7 Å². The van der Waals surface area contributed by atoms with E-state index in [1.54, 1.807) is 24.3 Å². The first-order valence-electron chi connectivity index (χ1n) is 10.4. The van der Waals surface area contributed by atoms with E-state index >= 15 is 0 Å². The van der Waals surface area contributed by atoms with Gasteiger partial charge in [-0.3, -0.25) is 4.79 Å². The van der Waals surface area contributed by atoms with Gasteiger partial charge in [0.2, 0.25) is 15.9 Å². The maximum atomic E-state index is 13.6. The van der Waals surface area contributed by atoms with Crippen LogP contribution in [0.2, 0.25) is 10.0 Å². The number of rotatable bonds is 6. The van der Waals surface area contributed by atoms with Crippen molar-refractivity contribution in [2.75, 3.05) is 11.9 Å². The van der Waals surface area contributed by atoms with Crippen molar-refractivity contribution in [3.8, 4) is 5.75 Å². The number of carbonyl (C=O) groups excluding carboxylic acids is 1. The number of sulfonamides is 1. The van der Waals surface area contributed by atoms with Gasteiger partial charge < -0.3 is 10.1 Å². The number of halogens is 2. The van der Waals surface area contributed by atoms with Crippen LogP contribution in [-0.2, 0) is 27.8 Å². The van der Waals surface area contributed by atoms with Gasteiger partial charge in [-0.05, 0) is 66.9 Å². The standard InChI is InChI=1S/C24H22Cl2N2O4S/c1-2-32-19-8-10-20(11-9-19)33(30,31)28-15-17-6-4-3-5-16(17)13-23(28)24(29)27-22-14-18(25)7-12-21(22)26/h3-12,14,23H,2,13,15H2,1H3,(H,27,29). The third kappa shape index (κ3) is 5.01. The van der Waals surface area contributed by atoms with Crippen LogP contribution in [0.1, 0.15) is 18.1 Å². The van der Waals surface area contributed by atoms with Crippen molar-refractivity contribution in [1.29, 1.82) is 0 Å². The van der Waals surface area contributed by atoms with Crippen molar-refractivity contribution in [1.82, 2.24) is 4.31 Å². The van der Waals surface area contributed by atoms with Crippen LogP contribution >= 0.6 is 23.2 Å². The van der Waals surface area contributed by atoms with Crippen molar-refractivity contribution in [3.63, 3.8) is 0 Å². The maximum Gasteiger partial charge on any atom is 0.244 e. The Balaban J connectivity index is 1.70. The van der Waals surface area contributed by atoms with Crippen LogP contribution in [0, 0.1) is 0 Å². The molecule has 1 aliphatic heterocycles. The minimum Gasteiger partial charge on any atom is -0.494 e. The zero-order valence-electron chi connectivity index (χ0n) is 17.8. The lowest BCUT2D eigenvalue weighted by atomic mass is 9.95. The largest absolute Gasteiger partial charge is 0.494 e. The molecule has 3 aromatic rings. The lowest BCUT2D eigenvalue weighted by Gasteiger charge is -2.35. The Kier molecular flexibility index (Phi) is 6.95. The Morgan fingerprint density at radius 2 is 1.76 bits per heavy atom. The Labute approximate surface area is 203 Å². The molecule has 1 heterocycles. The third-order valence-electron chi connectivity index (χ3n) is 5.44. The fourth-order valence-corrected chi connectivity index (χ4v) is 5.70. The molecule has 0 spiro atoms. The van der Waals surface area contributed by atoms with Gasteiger partial charge in [0.25, 0.3) is 0 Å². The van der Waals surface area contributed by atoms with Crippen LogP contribution in [0.3, 0.4) is 0 Å². The number of carbonyl (C=O) groups is 1. The number of hydrogen-bond acceptors (Lipinski definition) is 4. The van der Waals surface area contributed by atoms with Gasteiger partial charge >= 0.3 is 0 Å². The number of amides is 1. The minimum atomic E-state index is -3.98. The van der Waals surface area contributed by atoms with Gasteiger partial charge in [0.1, 0.15) is 11.8 Å². The number of ether oxygens (including phenoxy) is 1. The Bertz CT molecular complexity index is 1280. The van der Waals surface area contributed by atoms with E-state index in [2.05, 4.69) is 5.32 Å². The molecule has 0 radical (unpaired) electrons. The summed E-state index contributed by atoms with van der Waals surface area (Å²) >= 11 is 12.2. The molecule has 3 aromatic carbocycles. The van der Waals surface area contributed by atoms with E-state index in [1.165, 1.54) is 22.5 Å². The van der Waals surface area contributed by atoms with Gasteiger partial charge in [-0.15, -0.1) is 0 Å². The number of nitrogens with one attached hydrogen (secondary N) is 1. The summed E-state index contributed by atoms with van der Waals surface area (Å²) in [6.07, 6.45) is 0.233. The molecule has 0 bridgehead atoms. The van der Waals surface area contributed by atoms with Crippen LogP contribution in [0.25, 0.3) is 0 Å². The molecule has 1 N–H and O–H groups in total. The second kappa shape index (κ2) is 9.73. The van der Waals surface area contributed by atoms with Crippen molar-refractivity contribution in [3.05, 3.63) is 87.9 Å². The highest BCUT2D eigenvalue weighted by atomic mass is 35.5. The number of fused-ring (bicyclic) bond motifs is 1. The zero-order chi connectivity index (χ0) is 23.6. The van der Waals surface area contributed by atoms with Gasteiger partial charge in [-0.25, -0.2) is 8.42 Å². The van der Waals surface area contributed by atoms with Crippen molar-refractivity contribution in [2.45, 2.75) is 30.8 Å². The molecule has 1 amide bonds. The molecular formula is C24H22Cl2N2O4S. The molecule has 1 unspecified atom stereocenters. The first-order valence-corrected chi connectivity index (χ1v) is 12.6. The normalized spacial score (nSPS) is 16.2. The van der Waals surface area contributed by atoms with E-state index in [4.69, 9.17) is 27.9 Å². The van der Waals surface area contributed by atoms with Crippen LogP contribution < -0.4 is 10.1 Å². The van der Waals surface area contributed by atoms with Gasteiger partial charge in [0.15, 0.2) is 0 Å². The van der Waals surface area contributed by atoms with E-state index in [1.807, 2.05) is 31.2 Å². The average Bonchev–Trinajstić information content (AvgIpc) is 2.81. The van der Waals surface area contributed by atoms with E-state index in [-0.39, 0.29) is 17.9 Å². The summed E-state index contributed by atoms with van der Waals surface area (Å²) in [5.74, 6) is 0.0912. The highest BCUT2D eigenvalue weighted by molar-refractivity contribution is 7.89. The molecule has 0 aromatic heterocycles. The predicted octanol–water partition coefficient (Wildman–Crippen LogP) is 5.15. The summed E-state index contributed by atoms with van der Waals surface area (Å²) in [5, 5.41) is 3.46. The zero-order valence-corrected chi connectivity index (χ0v) is 20.1. The van der Waals surface area contributed by atoms with Crippen LogP contribution in [0.15, 0.2) is 71.6 Å². The van der Waals surface area contributed by atoms with Crippen LogP contribution in [0.4, 0.5) is 5.69 Å². The molecule has 0 saturated heterocycles. The molecule has 0 aliphatic carbocycles. The molecule has 0 fully saturated rings. The van der Waals surface area contributed by atoms with Crippen molar-refractivity contribution >= 4 is 44.8 Å². The molecule has 1 aliphatic rings. The summed E-state index contributed by atoms with van der Waals surface area (Å²) in [6, 6.07) is 17.4. The van der Waals surface area contributed by atoms with Crippen molar-refractivity contribution < 1.29 is 17.9 Å². The molecule has 172 valence electrons. The first kappa shape index (κ1) is 23.6. The molecule has 6 nitrogen and oxygen atoms in total. The predicted molar refractivity (Wildman–Crippen MR) is 129 cm³/mol. The van der Waals surface area contributed by atoms with E-state index in [9.17, 15) is 13.2 Å². The van der Waals surface area contributed by atoms with E-state index < -0.39 is 22.0 Å². The highest BCUT2D eigenvalue weighted by Gasteiger charge is 2.39. The fourth-order valence-electron chi connectivity index (χ4n) is 3.79. The number of anilines is 1. The second-order valence-electron chi connectivity index (χ2n) is 7.56. The van der Waals surface area contributed by atoms with Crippen LogP contribution in [0.5, 0.6) is 5.75 Å². The third-order valence-corrected chi connectivity index (χ3v) is 7.87. The SMILES string of the molecule is CCOc1ccc(S(=O)(=O)N2Cc3ccccc3CC2C(=O)Nc2cc(Cl)ccc2Cl)cc1. The van der Waals surface area contributed by atoms with Gasteiger partial charge in [-0.2, -0.15) is 4.31 Å². The Morgan fingerprint density at radius 1 is 1.06 bits per heavy atom. The number of benzene rings is 3. The monoisotopic (exact) mass is 504 g/mol. The molecule has 1 atom stereocenters. The summed E-state index contributed by atoms with van der Waals surface area (Å²) in [4.78, 5) is 13.4. The van der Waals surface area contributed by atoms with Crippen molar-refractivity contribution in [2.24, 2.45) is 0 Å². The van der Waals surface area contributed by atoms with E-state index in [0.717, 1.165) is 11.1 Å². The average molecular weight is 505 g/mol. The molecule has 9 heteroatoms. The fraction of sp³-hybridized carbons (Fsp3) is 0.208. The summed E-state index contributed by atoms with van der Waals surface area (Å²) in [6.45, 7) is 2.40. The Hall–Kier alpha value is -2.58. The summed E-state index contributed by atoms with van der Waals surface area (Å²) < 4.78 is 33.9. The lowest BCUT2D eigenvalue weighted by molar-refractivity contribution is -0.120. The number of hydrogen-bond donors (Lipinski definition) is 1. The lowest BCUT2D eigenvalue weighted by Crippen LogP contribution is -2.50. The van der Waals surface area contributed by atoms with Gasteiger partial charge in [0.05, 0.1) is 22.2 Å².